The van der Waals surface area contributed by atoms with Crippen molar-refractivity contribution in [3.05, 3.63) is 12.2 Å². The molecule has 0 saturated carbocycles. The number of carbonyl (C=O) groups is 2. The number of amides is 1. The highest BCUT2D eigenvalue weighted by Gasteiger charge is 2.68. The fraction of sp³-hybridized carbons (Fsp3) is 0.778. The van der Waals surface area contributed by atoms with Crippen LogP contribution in [0.5, 0.6) is 0 Å². The van der Waals surface area contributed by atoms with Crippen LogP contribution in [0.2, 0.25) is 0 Å². The van der Waals surface area contributed by atoms with Crippen LogP contribution >= 0.6 is 12.6 Å². The molecule has 1 unspecified atom stereocenters. The molecule has 34 heavy (non-hydrogen) atoms. The van der Waals surface area contributed by atoms with Crippen molar-refractivity contribution in [1.29, 1.82) is 0 Å². The van der Waals surface area contributed by atoms with Gasteiger partial charge in [-0.1, -0.05) is 33.1 Å². The molecular weight excluding hydrogens is 516 g/mol. The second kappa shape index (κ2) is 11.8. The number of ether oxygens (including phenoxy) is 2. The van der Waals surface area contributed by atoms with Gasteiger partial charge in [0.05, 0.1) is 6.61 Å². The van der Waals surface area contributed by atoms with Gasteiger partial charge < -0.3 is 14.4 Å². The van der Waals surface area contributed by atoms with E-state index in [2.05, 4.69) is 28.7 Å². The minimum absolute atomic E-state index is 0.0755. The zero-order valence-corrected chi connectivity index (χ0v) is 18.9. The van der Waals surface area contributed by atoms with Gasteiger partial charge in [-0.3, -0.25) is 4.79 Å². The monoisotopic (exact) mass is 539 g/mol. The highest BCUT2D eigenvalue weighted by atomic mass is 32.1. The van der Waals surface area contributed by atoms with Gasteiger partial charge in [0.15, 0.2) is 0 Å². The standard InChI is InChI=1S/C18H23F10NO4S/c1-4-8-29(9-5-2)13(31)15(17(24,25)26,33-12(30)11(3)16(21,22)23)32-10-6-7-14(19,20)18(27,28)34/h34H,3-10H2,1-2H3. The quantitative estimate of drug-likeness (QED) is 0.0838. The number of carbonyl (C=O) groups excluding carboxylic acids is 2. The number of hydrogen-bond donors (Lipinski definition) is 1. The zero-order chi connectivity index (χ0) is 27.2. The molecule has 0 aromatic carbocycles. The summed E-state index contributed by atoms with van der Waals surface area (Å²) in [7, 11) is 0. The first-order chi connectivity index (χ1) is 15.2. The molecule has 0 aromatic heterocycles. The third kappa shape index (κ3) is 8.20. The predicted molar refractivity (Wildman–Crippen MR) is 101 cm³/mol. The van der Waals surface area contributed by atoms with Crippen LogP contribution < -0.4 is 0 Å². The molecule has 0 radical (unpaired) electrons. The van der Waals surface area contributed by atoms with E-state index in [4.69, 9.17) is 0 Å². The maximum atomic E-state index is 14.0. The lowest BCUT2D eigenvalue weighted by molar-refractivity contribution is -0.351. The Morgan fingerprint density at radius 2 is 1.38 bits per heavy atom. The van der Waals surface area contributed by atoms with Crippen molar-refractivity contribution in [2.24, 2.45) is 0 Å². The summed E-state index contributed by atoms with van der Waals surface area (Å²) < 4.78 is 141. The second-order valence-electron chi connectivity index (χ2n) is 6.97. The first-order valence-corrected chi connectivity index (χ1v) is 10.1. The first kappa shape index (κ1) is 32.3. The van der Waals surface area contributed by atoms with Gasteiger partial charge in [0, 0.05) is 19.5 Å². The number of alkyl halides is 10. The molecule has 0 saturated heterocycles. The second-order valence-corrected chi connectivity index (χ2v) is 7.53. The van der Waals surface area contributed by atoms with Crippen LogP contribution in [0.25, 0.3) is 0 Å². The van der Waals surface area contributed by atoms with Crippen molar-refractivity contribution < 1.29 is 63.0 Å². The van der Waals surface area contributed by atoms with Crippen molar-refractivity contribution in [2.75, 3.05) is 19.7 Å². The minimum atomic E-state index is -6.00. The molecule has 200 valence electrons. The van der Waals surface area contributed by atoms with E-state index in [1.807, 2.05) is 0 Å². The summed E-state index contributed by atoms with van der Waals surface area (Å²) in [6, 6.07) is 0. The molecule has 1 atom stereocenters. The van der Waals surface area contributed by atoms with E-state index in [9.17, 15) is 53.5 Å². The molecular formula is C18H23F10NO4S. The Kier molecular flexibility index (Phi) is 11.2. The van der Waals surface area contributed by atoms with Crippen LogP contribution in [0, 0.1) is 0 Å². The Morgan fingerprint density at radius 1 is 0.912 bits per heavy atom. The average Bonchev–Trinajstić information content (AvgIpc) is 2.66. The van der Waals surface area contributed by atoms with Crippen LogP contribution in [-0.2, 0) is 19.1 Å². The topological polar surface area (TPSA) is 55.8 Å². The van der Waals surface area contributed by atoms with Crippen molar-refractivity contribution in [3.63, 3.8) is 0 Å². The summed E-state index contributed by atoms with van der Waals surface area (Å²) in [4.78, 5) is 25.1. The summed E-state index contributed by atoms with van der Waals surface area (Å²) in [5.41, 5.74) is -2.41. The van der Waals surface area contributed by atoms with Crippen molar-refractivity contribution in [1.82, 2.24) is 4.90 Å². The lowest BCUT2D eigenvalue weighted by Gasteiger charge is -2.37. The SMILES string of the molecule is C=C(C(=O)OC(OCCCC(F)(F)C(F)(F)S)(C(=O)N(CCC)CCC)C(F)(F)F)C(F)(F)F. The lowest BCUT2D eigenvalue weighted by atomic mass is 10.1. The molecule has 0 heterocycles. The number of rotatable bonds is 13. The number of hydrogen-bond acceptors (Lipinski definition) is 5. The largest absolute Gasteiger partial charge is 0.466 e. The fourth-order valence-corrected chi connectivity index (χ4v) is 2.54. The Morgan fingerprint density at radius 3 is 1.74 bits per heavy atom. The van der Waals surface area contributed by atoms with Crippen molar-refractivity contribution >= 4 is 24.5 Å². The summed E-state index contributed by atoms with van der Waals surface area (Å²) in [5.74, 6) is -14.3. The molecule has 0 aromatic rings. The third-order valence-corrected chi connectivity index (χ3v) is 4.46. The van der Waals surface area contributed by atoms with E-state index in [0.29, 0.717) is 4.90 Å². The summed E-state index contributed by atoms with van der Waals surface area (Å²) in [6.45, 7) is 2.93. The number of nitrogens with zero attached hydrogens (tertiary/aromatic N) is 1. The van der Waals surface area contributed by atoms with E-state index in [-0.39, 0.29) is 25.9 Å². The number of thiol groups is 1. The van der Waals surface area contributed by atoms with Crippen LogP contribution in [0.3, 0.4) is 0 Å². The average molecular weight is 539 g/mol. The molecule has 0 aliphatic heterocycles. The van der Waals surface area contributed by atoms with E-state index in [1.54, 1.807) is 0 Å². The van der Waals surface area contributed by atoms with Gasteiger partial charge in [-0.15, -0.1) is 0 Å². The van der Waals surface area contributed by atoms with Crippen molar-refractivity contribution in [3.8, 4) is 0 Å². The van der Waals surface area contributed by atoms with Gasteiger partial charge in [-0.2, -0.15) is 43.9 Å². The van der Waals surface area contributed by atoms with Gasteiger partial charge in [-0.25, -0.2) is 4.79 Å². The smallest absolute Gasteiger partial charge is 0.412 e. The first-order valence-electron chi connectivity index (χ1n) is 9.65. The number of halogens is 10. The van der Waals surface area contributed by atoms with Gasteiger partial charge >= 0.3 is 41.2 Å². The van der Waals surface area contributed by atoms with Crippen molar-refractivity contribution in [2.45, 2.75) is 68.8 Å². The lowest BCUT2D eigenvalue weighted by Crippen LogP contribution is -2.62. The summed E-state index contributed by atoms with van der Waals surface area (Å²) in [5, 5.41) is -4.85. The van der Waals surface area contributed by atoms with Crippen LogP contribution in [-0.4, -0.2) is 65.8 Å². The Labute approximate surface area is 193 Å². The normalized spacial score (nSPS) is 15.0. The van der Waals surface area contributed by atoms with E-state index >= 15 is 0 Å². The van der Waals surface area contributed by atoms with Gasteiger partial charge in [0.1, 0.15) is 5.57 Å². The summed E-state index contributed by atoms with van der Waals surface area (Å²) >= 11 is 2.39. The van der Waals surface area contributed by atoms with Gasteiger partial charge in [-0.05, 0) is 19.3 Å². The molecule has 0 rings (SSSR count). The molecule has 1 amide bonds. The van der Waals surface area contributed by atoms with Crippen LogP contribution in [0.4, 0.5) is 43.9 Å². The van der Waals surface area contributed by atoms with E-state index in [1.165, 1.54) is 13.8 Å². The molecule has 0 N–H and O–H groups in total. The highest BCUT2D eigenvalue weighted by molar-refractivity contribution is 7.81. The maximum absolute atomic E-state index is 14.0. The van der Waals surface area contributed by atoms with Gasteiger partial charge in [0.2, 0.25) is 0 Å². The van der Waals surface area contributed by atoms with Crippen LogP contribution in [0.15, 0.2) is 12.2 Å². The third-order valence-electron chi connectivity index (χ3n) is 4.13. The molecule has 0 spiro atoms. The Hall–Kier alpha value is -1.71. The highest BCUT2D eigenvalue weighted by Crippen LogP contribution is 2.42. The zero-order valence-electron chi connectivity index (χ0n) is 18.0. The predicted octanol–water partition coefficient (Wildman–Crippen LogP) is 5.51. The molecule has 0 bridgehead atoms. The fourth-order valence-electron chi connectivity index (χ4n) is 2.43. The molecule has 0 aliphatic rings. The summed E-state index contributed by atoms with van der Waals surface area (Å²) in [6.07, 6.45) is -14.4. The molecule has 0 fully saturated rings. The van der Waals surface area contributed by atoms with E-state index < -0.39 is 66.2 Å². The maximum Gasteiger partial charge on any atom is 0.466 e. The van der Waals surface area contributed by atoms with Gasteiger partial charge in [0.25, 0.3) is 0 Å². The molecule has 5 nitrogen and oxygen atoms in total. The van der Waals surface area contributed by atoms with E-state index in [0.717, 1.165) is 0 Å². The minimum Gasteiger partial charge on any atom is -0.412 e. The molecule has 0 aliphatic carbocycles. The molecule has 16 heteroatoms. The Balaban J connectivity index is 6.22. The number of esters is 1. The van der Waals surface area contributed by atoms with Crippen LogP contribution in [0.1, 0.15) is 39.5 Å². The Bertz CT molecular complexity index is 715.